The van der Waals surface area contributed by atoms with E-state index >= 15 is 0 Å². The average Bonchev–Trinajstić information content (AvgIpc) is 3.22. The third-order valence-corrected chi connectivity index (χ3v) is 6.97. The maximum Gasteiger partial charge on any atom is 0.227 e. The van der Waals surface area contributed by atoms with Crippen LogP contribution >= 0.6 is 22.9 Å². The van der Waals surface area contributed by atoms with Crippen molar-refractivity contribution in [3.8, 4) is 10.6 Å². The smallest absolute Gasteiger partial charge is 0.227 e. The van der Waals surface area contributed by atoms with E-state index in [9.17, 15) is 9.59 Å². The third-order valence-electron chi connectivity index (χ3n) is 5.83. The quantitative estimate of drug-likeness (QED) is 0.468. The van der Waals surface area contributed by atoms with E-state index in [2.05, 4.69) is 15.5 Å². The van der Waals surface area contributed by atoms with Gasteiger partial charge in [0.05, 0.1) is 6.04 Å². The number of amides is 2. The predicted molar refractivity (Wildman–Crippen MR) is 128 cm³/mol. The summed E-state index contributed by atoms with van der Waals surface area (Å²) in [6.07, 6.45) is 3.16. The van der Waals surface area contributed by atoms with Gasteiger partial charge in [0.25, 0.3) is 0 Å². The molecule has 0 aliphatic heterocycles. The number of carbonyl (C=O) groups is 2. The number of hydrogen-bond acceptors (Lipinski definition) is 5. The van der Waals surface area contributed by atoms with Gasteiger partial charge in [0.15, 0.2) is 0 Å². The third kappa shape index (κ3) is 5.34. The van der Waals surface area contributed by atoms with E-state index in [-0.39, 0.29) is 30.2 Å². The minimum atomic E-state index is -0.185. The van der Waals surface area contributed by atoms with Crippen molar-refractivity contribution >= 4 is 39.9 Å². The van der Waals surface area contributed by atoms with Crippen LogP contribution in [0.2, 0.25) is 5.02 Å². The number of benzene rings is 2. The maximum absolute atomic E-state index is 13.1. The molecule has 4 rings (SSSR count). The summed E-state index contributed by atoms with van der Waals surface area (Å²) in [6, 6.07) is 17.2. The highest BCUT2D eigenvalue weighted by Crippen LogP contribution is 2.32. The first-order valence-electron chi connectivity index (χ1n) is 10.8. The molecule has 0 spiro atoms. The van der Waals surface area contributed by atoms with Crippen molar-refractivity contribution < 1.29 is 9.59 Å². The maximum atomic E-state index is 13.1. The van der Waals surface area contributed by atoms with Crippen LogP contribution < -0.4 is 5.32 Å². The second-order valence-electron chi connectivity index (χ2n) is 7.96. The van der Waals surface area contributed by atoms with Gasteiger partial charge in [-0.05, 0) is 37.5 Å². The Morgan fingerprint density at radius 3 is 2.50 bits per heavy atom. The minimum absolute atomic E-state index is 0.0781. The Morgan fingerprint density at radius 1 is 1.12 bits per heavy atom. The molecule has 2 amide bonds. The molecule has 2 aromatic carbocycles. The lowest BCUT2D eigenvalue weighted by atomic mass is 9.84. The second-order valence-corrected chi connectivity index (χ2v) is 9.38. The molecule has 0 unspecified atom stereocenters. The molecule has 3 aromatic rings. The Morgan fingerprint density at radius 2 is 1.84 bits per heavy atom. The Bertz CT molecular complexity index is 1070. The molecule has 6 nitrogen and oxygen atoms in total. The number of rotatable bonds is 8. The van der Waals surface area contributed by atoms with Gasteiger partial charge < -0.3 is 10.2 Å². The van der Waals surface area contributed by atoms with E-state index < -0.39 is 0 Å². The van der Waals surface area contributed by atoms with Crippen LogP contribution in [0.3, 0.4) is 0 Å². The highest BCUT2D eigenvalue weighted by molar-refractivity contribution is 7.18. The molecule has 0 radical (unpaired) electrons. The summed E-state index contributed by atoms with van der Waals surface area (Å²) in [4.78, 5) is 27.5. The molecule has 166 valence electrons. The number of carbonyl (C=O) groups excluding carboxylic acids is 2. The van der Waals surface area contributed by atoms with E-state index in [0.29, 0.717) is 21.7 Å². The van der Waals surface area contributed by atoms with Gasteiger partial charge in [0, 0.05) is 29.5 Å². The SMILES string of the molecule is C[C@@H](c1ccccc1)N(CCC(=O)Nc1nnc(-c2ccc(Cl)cc2)s1)C(=O)C1CCC1. The molecule has 1 aliphatic rings. The van der Waals surface area contributed by atoms with Crippen LogP contribution in [0.25, 0.3) is 10.6 Å². The molecule has 1 fully saturated rings. The number of hydrogen-bond donors (Lipinski definition) is 1. The van der Waals surface area contributed by atoms with Crippen molar-refractivity contribution in [1.29, 1.82) is 0 Å². The summed E-state index contributed by atoms with van der Waals surface area (Å²) in [7, 11) is 0. The number of anilines is 1. The van der Waals surface area contributed by atoms with Crippen molar-refractivity contribution in [1.82, 2.24) is 15.1 Å². The minimum Gasteiger partial charge on any atom is -0.335 e. The number of halogens is 1. The first kappa shape index (κ1) is 22.4. The standard InChI is InChI=1S/C24H25ClN4O2S/c1-16(17-6-3-2-4-7-17)29(23(31)19-8-5-9-19)15-14-21(30)26-24-28-27-22(32-24)18-10-12-20(25)13-11-18/h2-4,6-7,10-13,16,19H,5,8-9,14-15H2,1H3,(H,26,28,30)/t16-/m0/s1. The lowest BCUT2D eigenvalue weighted by molar-refractivity contribution is -0.140. The molecule has 0 bridgehead atoms. The summed E-state index contributed by atoms with van der Waals surface area (Å²) in [5.41, 5.74) is 1.96. The number of nitrogens with one attached hydrogen (secondary N) is 1. The Balaban J connectivity index is 1.39. The average molecular weight is 469 g/mol. The fourth-order valence-corrected chi connectivity index (χ4v) is 4.57. The summed E-state index contributed by atoms with van der Waals surface area (Å²) in [5, 5.41) is 12.8. The summed E-state index contributed by atoms with van der Waals surface area (Å²) >= 11 is 7.24. The van der Waals surface area contributed by atoms with Crippen LogP contribution in [0.5, 0.6) is 0 Å². The van der Waals surface area contributed by atoms with Crippen molar-refractivity contribution in [2.45, 2.75) is 38.6 Å². The predicted octanol–water partition coefficient (Wildman–Crippen LogP) is 5.58. The lowest BCUT2D eigenvalue weighted by Crippen LogP contribution is -2.41. The van der Waals surface area contributed by atoms with Gasteiger partial charge in [-0.2, -0.15) is 0 Å². The molecule has 32 heavy (non-hydrogen) atoms. The largest absolute Gasteiger partial charge is 0.335 e. The molecule has 1 saturated carbocycles. The van der Waals surface area contributed by atoms with Gasteiger partial charge in [0.1, 0.15) is 5.01 Å². The van der Waals surface area contributed by atoms with E-state index in [1.807, 2.05) is 54.3 Å². The Labute approximate surface area is 196 Å². The topological polar surface area (TPSA) is 75.2 Å². The second kappa shape index (κ2) is 10.2. The van der Waals surface area contributed by atoms with Gasteiger partial charge in [-0.3, -0.25) is 9.59 Å². The van der Waals surface area contributed by atoms with Crippen molar-refractivity contribution in [3.05, 3.63) is 65.2 Å². The van der Waals surface area contributed by atoms with E-state index in [1.54, 1.807) is 12.1 Å². The van der Waals surface area contributed by atoms with E-state index in [1.165, 1.54) is 11.3 Å². The zero-order chi connectivity index (χ0) is 22.5. The van der Waals surface area contributed by atoms with Gasteiger partial charge in [-0.1, -0.05) is 71.8 Å². The first-order chi connectivity index (χ1) is 15.5. The molecule has 1 aliphatic carbocycles. The molecule has 1 heterocycles. The highest BCUT2D eigenvalue weighted by Gasteiger charge is 2.32. The zero-order valence-electron chi connectivity index (χ0n) is 17.8. The molecule has 8 heteroatoms. The van der Waals surface area contributed by atoms with Crippen LogP contribution in [0.4, 0.5) is 5.13 Å². The fraction of sp³-hybridized carbons (Fsp3) is 0.333. The monoisotopic (exact) mass is 468 g/mol. The van der Waals surface area contributed by atoms with Gasteiger partial charge in [-0.15, -0.1) is 10.2 Å². The van der Waals surface area contributed by atoms with Gasteiger partial charge in [-0.25, -0.2) is 0 Å². The Hall–Kier alpha value is -2.77. The van der Waals surface area contributed by atoms with Crippen LogP contribution in [0.1, 0.15) is 44.2 Å². The Kier molecular flexibility index (Phi) is 7.17. The first-order valence-corrected chi connectivity index (χ1v) is 12.0. The molecular formula is C24H25ClN4O2S. The summed E-state index contributed by atoms with van der Waals surface area (Å²) < 4.78 is 0. The summed E-state index contributed by atoms with van der Waals surface area (Å²) in [5.74, 6) is 0.0335. The number of aromatic nitrogens is 2. The van der Waals surface area contributed by atoms with Crippen molar-refractivity contribution in [3.63, 3.8) is 0 Å². The molecular weight excluding hydrogens is 444 g/mol. The fourth-order valence-electron chi connectivity index (χ4n) is 3.68. The molecule has 1 aromatic heterocycles. The summed E-state index contributed by atoms with van der Waals surface area (Å²) in [6.45, 7) is 2.38. The molecule has 1 N–H and O–H groups in total. The highest BCUT2D eigenvalue weighted by atomic mass is 35.5. The van der Waals surface area contributed by atoms with Crippen molar-refractivity contribution in [2.75, 3.05) is 11.9 Å². The van der Waals surface area contributed by atoms with Crippen LogP contribution in [0, 0.1) is 5.92 Å². The van der Waals surface area contributed by atoms with E-state index in [0.717, 1.165) is 30.4 Å². The van der Waals surface area contributed by atoms with Crippen LogP contribution in [-0.2, 0) is 9.59 Å². The number of nitrogens with zero attached hydrogens (tertiary/aromatic N) is 3. The zero-order valence-corrected chi connectivity index (χ0v) is 19.4. The molecule has 1 atom stereocenters. The van der Waals surface area contributed by atoms with Gasteiger partial charge >= 0.3 is 0 Å². The van der Waals surface area contributed by atoms with E-state index in [4.69, 9.17) is 11.6 Å². The lowest BCUT2D eigenvalue weighted by Gasteiger charge is -2.35. The van der Waals surface area contributed by atoms with Crippen LogP contribution in [-0.4, -0.2) is 33.5 Å². The normalized spacial score (nSPS) is 14.4. The van der Waals surface area contributed by atoms with Crippen LogP contribution in [0.15, 0.2) is 54.6 Å². The van der Waals surface area contributed by atoms with Crippen molar-refractivity contribution in [2.24, 2.45) is 5.92 Å². The molecule has 0 saturated heterocycles. The van der Waals surface area contributed by atoms with Gasteiger partial charge in [0.2, 0.25) is 16.9 Å².